The Hall–Kier alpha value is -1.41. The average Bonchev–Trinajstić information content (AvgIpc) is 2.83. The molecular formula is C16H18BrF3N2O2. The lowest BCUT2D eigenvalue weighted by atomic mass is 9.99. The summed E-state index contributed by atoms with van der Waals surface area (Å²) in [6, 6.07) is 5.84. The molecule has 0 radical (unpaired) electrons. The van der Waals surface area contributed by atoms with Crippen LogP contribution in [0.4, 0.5) is 13.2 Å². The zero-order valence-corrected chi connectivity index (χ0v) is 14.9. The maximum Gasteiger partial charge on any atom is 0.438 e. The monoisotopic (exact) mass is 406 g/mol. The molecule has 1 unspecified atom stereocenters. The normalized spacial score (nSPS) is 21.3. The number of halogens is 4. The van der Waals surface area contributed by atoms with Gasteiger partial charge in [0.25, 0.3) is 11.6 Å². The predicted octanol–water partition coefficient (Wildman–Crippen LogP) is 4.34. The first-order chi connectivity index (χ1) is 11.0. The minimum atomic E-state index is -5.00. The molecule has 0 aromatic heterocycles. The zero-order chi connectivity index (χ0) is 18.1. The summed E-state index contributed by atoms with van der Waals surface area (Å²) in [6.45, 7) is 3.88. The molecule has 8 heteroatoms. The van der Waals surface area contributed by atoms with Crippen molar-refractivity contribution in [2.24, 2.45) is 11.0 Å². The van der Waals surface area contributed by atoms with E-state index in [9.17, 15) is 23.1 Å². The molecule has 0 aliphatic carbocycles. The van der Waals surface area contributed by atoms with Crippen molar-refractivity contribution in [3.8, 4) is 0 Å². The van der Waals surface area contributed by atoms with E-state index in [0.717, 1.165) is 0 Å². The summed E-state index contributed by atoms with van der Waals surface area (Å²) in [5.74, 6) is -0.704. The van der Waals surface area contributed by atoms with E-state index >= 15 is 0 Å². The predicted molar refractivity (Wildman–Crippen MR) is 87.4 cm³/mol. The highest BCUT2D eigenvalue weighted by molar-refractivity contribution is 9.10. The third kappa shape index (κ3) is 3.80. The fourth-order valence-corrected chi connectivity index (χ4v) is 2.63. The quantitative estimate of drug-likeness (QED) is 0.808. The minimum Gasteiger partial charge on any atom is -0.362 e. The Morgan fingerprint density at radius 2 is 1.96 bits per heavy atom. The van der Waals surface area contributed by atoms with Crippen LogP contribution >= 0.6 is 15.9 Å². The van der Waals surface area contributed by atoms with Crippen molar-refractivity contribution in [2.75, 3.05) is 0 Å². The van der Waals surface area contributed by atoms with Gasteiger partial charge in [-0.1, -0.05) is 29.8 Å². The van der Waals surface area contributed by atoms with Crippen LogP contribution in [0.25, 0.3) is 0 Å². The third-order valence-corrected chi connectivity index (χ3v) is 4.32. The van der Waals surface area contributed by atoms with Gasteiger partial charge in [-0.25, -0.2) is 0 Å². The third-order valence-electron chi connectivity index (χ3n) is 3.79. The number of rotatable bonds is 4. The summed E-state index contributed by atoms with van der Waals surface area (Å²) >= 11 is 3.19. The maximum absolute atomic E-state index is 13.4. The maximum atomic E-state index is 13.4. The van der Waals surface area contributed by atoms with Crippen molar-refractivity contribution in [1.82, 2.24) is 5.01 Å². The molecule has 1 aromatic rings. The Labute approximate surface area is 146 Å². The lowest BCUT2D eigenvalue weighted by Crippen LogP contribution is -2.56. The molecule has 1 aromatic carbocycles. The van der Waals surface area contributed by atoms with E-state index in [-0.39, 0.29) is 22.2 Å². The van der Waals surface area contributed by atoms with Gasteiger partial charge >= 0.3 is 6.18 Å². The topological polar surface area (TPSA) is 52.9 Å². The van der Waals surface area contributed by atoms with Gasteiger partial charge in [0.15, 0.2) is 0 Å². The lowest BCUT2D eigenvalue weighted by molar-refractivity contribution is -0.297. The van der Waals surface area contributed by atoms with Crippen LogP contribution < -0.4 is 0 Å². The Kier molecular flexibility index (Phi) is 5.39. The van der Waals surface area contributed by atoms with Crippen molar-refractivity contribution in [2.45, 2.75) is 45.0 Å². The van der Waals surface area contributed by atoms with Crippen LogP contribution in [-0.2, 0) is 0 Å². The number of hydrogen-bond donors (Lipinski definition) is 1. The van der Waals surface area contributed by atoms with Crippen LogP contribution in [0.2, 0.25) is 0 Å². The Morgan fingerprint density at radius 1 is 1.38 bits per heavy atom. The molecule has 1 heterocycles. The zero-order valence-electron chi connectivity index (χ0n) is 13.3. The number of alkyl halides is 3. The van der Waals surface area contributed by atoms with E-state index in [1.807, 2.05) is 13.8 Å². The van der Waals surface area contributed by atoms with Crippen LogP contribution in [0.15, 0.2) is 33.8 Å². The molecule has 1 N–H and O–H groups in total. The summed E-state index contributed by atoms with van der Waals surface area (Å²) in [6.07, 6.45) is -4.78. The number of amides is 1. The summed E-state index contributed by atoms with van der Waals surface area (Å²) in [5.41, 5.74) is -3.10. The number of hydrogen-bond acceptors (Lipinski definition) is 3. The molecule has 0 bridgehead atoms. The SMILES string of the molecule is CC(C)CCC1=NN(C(=O)c2ccc(Br)cc2)C(O)(C(F)(F)F)C1. The molecule has 0 spiro atoms. The fourth-order valence-electron chi connectivity index (χ4n) is 2.36. The Balaban J connectivity index is 2.33. The number of hydrazone groups is 1. The van der Waals surface area contributed by atoms with Gasteiger partial charge in [0, 0.05) is 22.2 Å². The van der Waals surface area contributed by atoms with Gasteiger partial charge in [-0.3, -0.25) is 4.79 Å². The molecule has 0 saturated carbocycles. The molecule has 1 amide bonds. The lowest BCUT2D eigenvalue weighted by Gasteiger charge is -2.32. The number of nitrogens with zero attached hydrogens (tertiary/aromatic N) is 2. The Bertz CT molecular complexity index is 644. The summed E-state index contributed by atoms with van der Waals surface area (Å²) in [4.78, 5) is 12.4. The highest BCUT2D eigenvalue weighted by atomic mass is 79.9. The fraction of sp³-hybridized carbons (Fsp3) is 0.500. The van der Waals surface area contributed by atoms with Gasteiger partial charge in [-0.05, 0) is 43.0 Å². The number of benzene rings is 1. The van der Waals surface area contributed by atoms with E-state index in [0.29, 0.717) is 17.3 Å². The summed E-state index contributed by atoms with van der Waals surface area (Å²) < 4.78 is 40.8. The standard InChI is InChI=1S/C16H18BrF3N2O2/c1-10(2)3-8-13-9-15(24,16(18,19)20)22(21-13)14(23)11-4-6-12(17)7-5-11/h4-7,10,24H,3,8-9H2,1-2H3. The summed E-state index contributed by atoms with van der Waals surface area (Å²) in [5, 5.41) is 14.1. The Morgan fingerprint density at radius 3 is 2.46 bits per heavy atom. The van der Waals surface area contributed by atoms with Crippen molar-refractivity contribution in [3.05, 3.63) is 34.3 Å². The molecule has 132 valence electrons. The van der Waals surface area contributed by atoms with Crippen LogP contribution in [0.3, 0.4) is 0 Å². The second kappa shape index (κ2) is 6.84. The first kappa shape index (κ1) is 18.9. The van der Waals surface area contributed by atoms with Crippen molar-refractivity contribution in [1.29, 1.82) is 0 Å². The largest absolute Gasteiger partial charge is 0.438 e. The van der Waals surface area contributed by atoms with E-state index < -0.39 is 24.2 Å². The van der Waals surface area contributed by atoms with Gasteiger partial charge in [-0.2, -0.15) is 23.3 Å². The molecule has 4 nitrogen and oxygen atoms in total. The van der Waals surface area contributed by atoms with Crippen LogP contribution in [-0.4, -0.2) is 33.6 Å². The van der Waals surface area contributed by atoms with Gasteiger partial charge < -0.3 is 5.11 Å². The van der Waals surface area contributed by atoms with Gasteiger partial charge in [0.05, 0.1) is 0 Å². The van der Waals surface area contributed by atoms with E-state index in [2.05, 4.69) is 21.0 Å². The number of carbonyl (C=O) groups is 1. The van der Waals surface area contributed by atoms with E-state index in [1.165, 1.54) is 12.1 Å². The molecule has 2 rings (SSSR count). The highest BCUT2D eigenvalue weighted by Crippen LogP contribution is 2.41. The van der Waals surface area contributed by atoms with Gasteiger partial charge in [0.2, 0.25) is 0 Å². The highest BCUT2D eigenvalue weighted by Gasteiger charge is 2.63. The van der Waals surface area contributed by atoms with Crippen molar-refractivity contribution >= 4 is 27.5 Å². The smallest absolute Gasteiger partial charge is 0.362 e. The molecule has 1 aliphatic heterocycles. The number of aliphatic hydroxyl groups is 1. The molecule has 1 aliphatic rings. The van der Waals surface area contributed by atoms with Crippen LogP contribution in [0, 0.1) is 5.92 Å². The molecule has 0 fully saturated rings. The second-order valence-corrected chi connectivity index (χ2v) is 7.13. The second-order valence-electron chi connectivity index (χ2n) is 6.21. The van der Waals surface area contributed by atoms with Crippen molar-refractivity contribution < 1.29 is 23.1 Å². The van der Waals surface area contributed by atoms with E-state index in [4.69, 9.17) is 0 Å². The molecule has 1 atom stereocenters. The number of carbonyl (C=O) groups excluding carboxylic acids is 1. The van der Waals surface area contributed by atoms with Crippen LogP contribution in [0.1, 0.15) is 43.5 Å². The summed E-state index contributed by atoms with van der Waals surface area (Å²) in [7, 11) is 0. The van der Waals surface area contributed by atoms with E-state index in [1.54, 1.807) is 12.1 Å². The molecular weight excluding hydrogens is 389 g/mol. The minimum absolute atomic E-state index is 0.0229. The van der Waals surface area contributed by atoms with Crippen molar-refractivity contribution in [3.63, 3.8) is 0 Å². The average molecular weight is 407 g/mol. The van der Waals surface area contributed by atoms with Gasteiger partial charge in [-0.15, -0.1) is 0 Å². The molecule has 0 saturated heterocycles. The van der Waals surface area contributed by atoms with Crippen LogP contribution in [0.5, 0.6) is 0 Å². The van der Waals surface area contributed by atoms with Gasteiger partial charge in [0.1, 0.15) is 0 Å². The first-order valence-electron chi connectivity index (χ1n) is 7.50. The molecule has 24 heavy (non-hydrogen) atoms. The first-order valence-corrected chi connectivity index (χ1v) is 8.29.